The Morgan fingerprint density at radius 1 is 1.19 bits per heavy atom. The first-order valence-electron chi connectivity index (χ1n) is 12.0. The molecular formula is C26H32N2O3. The Morgan fingerprint density at radius 3 is 3.00 bits per heavy atom. The van der Waals surface area contributed by atoms with Crippen LogP contribution in [0.15, 0.2) is 39.1 Å². The number of aromatic hydroxyl groups is 1. The zero-order valence-corrected chi connectivity index (χ0v) is 18.3. The Hall–Kier alpha value is -2.11. The van der Waals surface area contributed by atoms with Gasteiger partial charge in [-0.3, -0.25) is 9.80 Å². The zero-order valence-electron chi connectivity index (χ0n) is 18.3. The Labute approximate surface area is 183 Å². The maximum absolute atomic E-state index is 12.1. The molecule has 1 aliphatic carbocycles. The fourth-order valence-electron chi connectivity index (χ4n) is 7.05. The second-order valence-electron chi connectivity index (χ2n) is 10.2. The van der Waals surface area contributed by atoms with Crippen molar-refractivity contribution in [3.05, 3.63) is 51.4 Å². The van der Waals surface area contributed by atoms with E-state index < -0.39 is 0 Å². The number of hydrogen-bond donors (Lipinski definition) is 1. The van der Waals surface area contributed by atoms with E-state index >= 15 is 0 Å². The molecule has 4 aliphatic rings. The molecule has 1 aromatic heterocycles. The number of piperidine rings is 3. The van der Waals surface area contributed by atoms with Gasteiger partial charge in [0, 0.05) is 36.6 Å². The lowest BCUT2D eigenvalue weighted by Crippen LogP contribution is -2.59. The average molecular weight is 421 g/mol. The SMILES string of the molecule is Cc1cc(=O)oc2c(CN3CCCC4=CC5CC(CN6CCCCC56)C43)c(O)ccc12. The fraction of sp³-hybridized carbons (Fsp3) is 0.577. The van der Waals surface area contributed by atoms with Crippen molar-refractivity contribution in [2.24, 2.45) is 11.8 Å². The average Bonchev–Trinajstić information content (AvgIpc) is 2.76. The molecule has 3 aliphatic heterocycles. The minimum absolute atomic E-state index is 0.228. The lowest BCUT2D eigenvalue weighted by molar-refractivity contribution is -0.00274. The van der Waals surface area contributed by atoms with Crippen LogP contribution >= 0.6 is 0 Å². The normalized spacial score (nSPS) is 31.2. The summed E-state index contributed by atoms with van der Waals surface area (Å²) in [6, 6.07) is 6.34. The van der Waals surface area contributed by atoms with Gasteiger partial charge in [-0.1, -0.05) is 18.1 Å². The van der Waals surface area contributed by atoms with Crippen LogP contribution in [0.2, 0.25) is 0 Å². The van der Waals surface area contributed by atoms with E-state index in [1.165, 1.54) is 51.3 Å². The van der Waals surface area contributed by atoms with Gasteiger partial charge in [0.05, 0.1) is 5.56 Å². The summed E-state index contributed by atoms with van der Waals surface area (Å²) in [6.45, 7) is 6.04. The minimum atomic E-state index is -0.347. The van der Waals surface area contributed by atoms with Crippen LogP contribution in [-0.4, -0.2) is 46.6 Å². The van der Waals surface area contributed by atoms with Gasteiger partial charge in [0.1, 0.15) is 11.3 Å². The summed E-state index contributed by atoms with van der Waals surface area (Å²) in [7, 11) is 0. The molecule has 6 rings (SSSR count). The number of phenols is 1. The molecule has 3 saturated heterocycles. The lowest BCUT2D eigenvalue weighted by atomic mass is 9.68. The van der Waals surface area contributed by atoms with Gasteiger partial charge >= 0.3 is 5.63 Å². The van der Waals surface area contributed by atoms with Crippen LogP contribution < -0.4 is 5.63 Å². The summed E-state index contributed by atoms with van der Waals surface area (Å²) in [5.74, 6) is 1.60. The van der Waals surface area contributed by atoms with Crippen molar-refractivity contribution in [1.82, 2.24) is 9.80 Å². The van der Waals surface area contributed by atoms with Crippen LogP contribution in [0.5, 0.6) is 5.75 Å². The molecule has 0 amide bonds. The zero-order chi connectivity index (χ0) is 21.1. The molecule has 5 heteroatoms. The van der Waals surface area contributed by atoms with E-state index in [2.05, 4.69) is 15.9 Å². The molecule has 0 spiro atoms. The maximum Gasteiger partial charge on any atom is 0.336 e. The number of rotatable bonds is 2. The monoisotopic (exact) mass is 420 g/mol. The molecule has 4 atom stereocenters. The van der Waals surface area contributed by atoms with E-state index in [0.717, 1.165) is 41.4 Å². The van der Waals surface area contributed by atoms with Crippen molar-refractivity contribution in [1.29, 1.82) is 0 Å². The quantitative estimate of drug-likeness (QED) is 0.583. The first-order chi connectivity index (χ1) is 15.1. The van der Waals surface area contributed by atoms with Crippen LogP contribution in [0.3, 0.4) is 0 Å². The van der Waals surface area contributed by atoms with E-state index in [1.807, 2.05) is 13.0 Å². The molecule has 2 bridgehead atoms. The Kier molecular flexibility index (Phi) is 4.73. The lowest BCUT2D eigenvalue weighted by Gasteiger charge is -2.54. The summed E-state index contributed by atoms with van der Waals surface area (Å²) >= 11 is 0. The van der Waals surface area contributed by atoms with Gasteiger partial charge in [-0.2, -0.15) is 0 Å². The summed E-state index contributed by atoms with van der Waals surface area (Å²) < 4.78 is 5.62. The number of nitrogens with zero attached hydrogens (tertiary/aromatic N) is 2. The first-order valence-corrected chi connectivity index (χ1v) is 12.0. The van der Waals surface area contributed by atoms with Crippen LogP contribution in [0.4, 0.5) is 0 Å². The fourth-order valence-corrected chi connectivity index (χ4v) is 7.05. The van der Waals surface area contributed by atoms with Crippen LogP contribution in [0.25, 0.3) is 11.0 Å². The third-order valence-corrected chi connectivity index (χ3v) is 8.32. The molecule has 164 valence electrons. The van der Waals surface area contributed by atoms with Gasteiger partial charge in [-0.25, -0.2) is 4.79 Å². The number of likely N-dealkylation sites (tertiary alicyclic amines) is 1. The minimum Gasteiger partial charge on any atom is -0.507 e. The summed E-state index contributed by atoms with van der Waals surface area (Å²) in [5.41, 5.74) is 3.48. The topological polar surface area (TPSA) is 56.9 Å². The molecule has 4 unspecified atom stereocenters. The molecular weight excluding hydrogens is 388 g/mol. The van der Waals surface area contributed by atoms with E-state index in [9.17, 15) is 9.90 Å². The van der Waals surface area contributed by atoms with Crippen LogP contribution in [0, 0.1) is 18.8 Å². The number of aryl methyl sites for hydroxylation is 1. The number of fused-ring (bicyclic) bond motifs is 7. The molecule has 1 N–H and O–H groups in total. The Balaban J connectivity index is 1.37. The maximum atomic E-state index is 12.1. The standard InChI is InChI=1S/C26H32N2O3/c1-16-11-24(30)31-26-20(16)7-8-23(29)21(26)15-28-10-4-5-17-12-18-13-19(25(17)28)14-27-9-3-2-6-22(18)27/h7-8,11-12,18-19,22,25,29H,2-6,9-10,13-15H2,1H3. The van der Waals surface area contributed by atoms with E-state index in [1.54, 1.807) is 11.6 Å². The van der Waals surface area contributed by atoms with E-state index in [4.69, 9.17) is 4.42 Å². The second-order valence-corrected chi connectivity index (χ2v) is 10.2. The van der Waals surface area contributed by atoms with Gasteiger partial charge in [0.2, 0.25) is 0 Å². The summed E-state index contributed by atoms with van der Waals surface area (Å²) in [6.07, 6.45) is 10.4. The predicted octanol–water partition coefficient (Wildman–Crippen LogP) is 4.20. The predicted molar refractivity (Wildman–Crippen MR) is 121 cm³/mol. The van der Waals surface area contributed by atoms with Crippen molar-refractivity contribution in [2.75, 3.05) is 19.6 Å². The molecule has 0 radical (unpaired) electrons. The highest BCUT2D eigenvalue weighted by molar-refractivity contribution is 5.84. The van der Waals surface area contributed by atoms with Gasteiger partial charge in [0.25, 0.3) is 0 Å². The van der Waals surface area contributed by atoms with Gasteiger partial charge in [0.15, 0.2) is 0 Å². The van der Waals surface area contributed by atoms with Crippen LogP contribution in [0.1, 0.15) is 49.7 Å². The summed E-state index contributed by atoms with van der Waals surface area (Å²) in [5, 5.41) is 11.7. The van der Waals surface area contributed by atoms with Crippen molar-refractivity contribution in [3.8, 4) is 5.75 Å². The van der Waals surface area contributed by atoms with Crippen molar-refractivity contribution >= 4 is 11.0 Å². The molecule has 4 heterocycles. The Morgan fingerprint density at radius 2 is 2.10 bits per heavy atom. The number of hydrogen-bond acceptors (Lipinski definition) is 5. The van der Waals surface area contributed by atoms with Gasteiger partial charge in [-0.15, -0.1) is 0 Å². The highest BCUT2D eigenvalue weighted by Crippen LogP contribution is 2.45. The molecule has 3 fully saturated rings. The smallest absolute Gasteiger partial charge is 0.336 e. The van der Waals surface area contributed by atoms with Crippen molar-refractivity contribution in [2.45, 2.75) is 64.1 Å². The highest BCUT2D eigenvalue weighted by atomic mass is 16.4. The van der Waals surface area contributed by atoms with E-state index in [0.29, 0.717) is 24.1 Å². The first kappa shape index (κ1) is 19.6. The van der Waals surface area contributed by atoms with E-state index in [-0.39, 0.29) is 11.4 Å². The van der Waals surface area contributed by atoms with Gasteiger partial charge in [-0.05, 0) is 81.6 Å². The number of benzene rings is 1. The number of phenolic OH excluding ortho intramolecular Hbond substituents is 1. The molecule has 1 aromatic carbocycles. The second kappa shape index (κ2) is 7.49. The van der Waals surface area contributed by atoms with Crippen molar-refractivity contribution < 1.29 is 9.52 Å². The summed E-state index contributed by atoms with van der Waals surface area (Å²) in [4.78, 5) is 17.4. The van der Waals surface area contributed by atoms with Crippen molar-refractivity contribution in [3.63, 3.8) is 0 Å². The highest BCUT2D eigenvalue weighted by Gasteiger charge is 2.45. The Bertz CT molecular complexity index is 1100. The third kappa shape index (κ3) is 3.25. The molecule has 0 saturated carbocycles. The molecule has 31 heavy (non-hydrogen) atoms. The van der Waals surface area contributed by atoms with Crippen LogP contribution in [-0.2, 0) is 6.54 Å². The van der Waals surface area contributed by atoms with Gasteiger partial charge < -0.3 is 9.52 Å². The third-order valence-electron chi connectivity index (χ3n) is 8.32. The molecule has 2 aromatic rings. The molecule has 5 nitrogen and oxygen atoms in total. The largest absolute Gasteiger partial charge is 0.507 e.